The van der Waals surface area contributed by atoms with Gasteiger partial charge in [0.05, 0.1) is 23.2 Å². The molecule has 12 nitrogen and oxygen atoms in total. The van der Waals surface area contributed by atoms with Gasteiger partial charge >= 0.3 is 0 Å². The zero-order chi connectivity index (χ0) is 32.2. The van der Waals surface area contributed by atoms with Crippen molar-refractivity contribution in [3.8, 4) is 0 Å². The van der Waals surface area contributed by atoms with E-state index in [9.17, 15) is 19.2 Å². The first kappa shape index (κ1) is 34.6. The molecule has 0 spiro atoms. The summed E-state index contributed by atoms with van der Waals surface area (Å²) < 4.78 is 0. The van der Waals surface area contributed by atoms with Crippen LogP contribution >= 0.6 is 35.0 Å². The standard InChI is InChI=1S/C29H34Cl2N8O4S/c1-17-6-3-4-8-22(17)38-39(2)29(43)24(13-32)37-27(42)23(12-25(33)41)36-15-18-7-5-9-35-28(18)44-26-19(14-34-16-40)10-20(30)11-21(26)31/h3-11,16,23-24,36,38H,12-15,32H2,1-2H3,(H2,33,41)(H,34,40)(H,37,42)/t23-,24-/m0/s1. The van der Waals surface area contributed by atoms with Gasteiger partial charge in [-0.05, 0) is 47.9 Å². The number of benzene rings is 2. The zero-order valence-corrected chi connectivity index (χ0v) is 26.4. The van der Waals surface area contributed by atoms with Crippen molar-refractivity contribution in [3.05, 3.63) is 81.5 Å². The number of anilines is 1. The molecule has 0 saturated heterocycles. The van der Waals surface area contributed by atoms with E-state index in [1.807, 2.05) is 31.2 Å². The minimum atomic E-state index is -1.08. The summed E-state index contributed by atoms with van der Waals surface area (Å²) in [5, 5.41) is 10.9. The number of rotatable bonds is 16. The molecule has 1 heterocycles. The number of pyridine rings is 1. The van der Waals surface area contributed by atoms with Gasteiger partial charge in [0.15, 0.2) is 0 Å². The van der Waals surface area contributed by atoms with Crippen molar-refractivity contribution in [2.75, 3.05) is 19.0 Å². The molecule has 44 heavy (non-hydrogen) atoms. The van der Waals surface area contributed by atoms with Crippen LogP contribution in [0.4, 0.5) is 5.69 Å². The molecule has 0 radical (unpaired) electrons. The minimum absolute atomic E-state index is 0.116. The molecule has 3 rings (SSSR count). The molecule has 0 fully saturated rings. The van der Waals surface area contributed by atoms with E-state index in [0.717, 1.165) is 11.3 Å². The molecule has 0 aliphatic carbocycles. The third-order valence-electron chi connectivity index (χ3n) is 6.38. The van der Waals surface area contributed by atoms with Gasteiger partial charge < -0.3 is 27.4 Å². The fourth-order valence-corrected chi connectivity index (χ4v) is 5.76. The molecule has 0 unspecified atom stereocenters. The molecular formula is C29H34Cl2N8O4S. The molecular weight excluding hydrogens is 627 g/mol. The number of amides is 4. The Hall–Kier alpha value is -3.88. The summed E-state index contributed by atoms with van der Waals surface area (Å²) in [4.78, 5) is 54.3. The van der Waals surface area contributed by atoms with E-state index in [1.165, 1.54) is 23.8 Å². The van der Waals surface area contributed by atoms with E-state index in [2.05, 4.69) is 26.4 Å². The van der Waals surface area contributed by atoms with Gasteiger partial charge in [-0.25, -0.2) is 4.98 Å². The van der Waals surface area contributed by atoms with Crippen LogP contribution < -0.4 is 32.8 Å². The Bertz CT molecular complexity index is 1500. The smallest absolute Gasteiger partial charge is 0.264 e. The fraction of sp³-hybridized carbons (Fsp3) is 0.276. The van der Waals surface area contributed by atoms with Gasteiger partial charge in [0.2, 0.25) is 18.2 Å². The molecule has 2 atom stereocenters. The van der Waals surface area contributed by atoms with E-state index in [1.54, 1.807) is 30.5 Å². The number of nitrogens with one attached hydrogen (secondary N) is 4. The Morgan fingerprint density at radius 1 is 1.07 bits per heavy atom. The van der Waals surface area contributed by atoms with Crippen molar-refractivity contribution in [1.29, 1.82) is 0 Å². The number of para-hydroxylation sites is 1. The van der Waals surface area contributed by atoms with Gasteiger partial charge in [0, 0.05) is 42.8 Å². The molecule has 2 aromatic carbocycles. The third-order valence-corrected chi connectivity index (χ3v) is 8.26. The molecule has 0 aliphatic rings. The average molecular weight is 662 g/mol. The largest absolute Gasteiger partial charge is 0.370 e. The number of aryl methyl sites for hydroxylation is 1. The average Bonchev–Trinajstić information content (AvgIpc) is 2.99. The lowest BCUT2D eigenvalue weighted by Crippen LogP contribution is -2.56. The Balaban J connectivity index is 1.74. The highest BCUT2D eigenvalue weighted by Crippen LogP contribution is 2.38. The highest BCUT2D eigenvalue weighted by Gasteiger charge is 2.28. The van der Waals surface area contributed by atoms with Gasteiger partial charge in [-0.2, -0.15) is 0 Å². The first-order valence-electron chi connectivity index (χ1n) is 13.4. The summed E-state index contributed by atoms with van der Waals surface area (Å²) in [5.74, 6) is -1.82. The van der Waals surface area contributed by atoms with Crippen molar-refractivity contribution >= 4 is 64.8 Å². The van der Waals surface area contributed by atoms with Crippen molar-refractivity contribution in [3.63, 3.8) is 0 Å². The second-order valence-corrected chi connectivity index (χ2v) is 11.5. The number of primary amides is 1. The van der Waals surface area contributed by atoms with E-state index in [4.69, 9.17) is 34.7 Å². The highest BCUT2D eigenvalue weighted by molar-refractivity contribution is 7.99. The fourth-order valence-electron chi connectivity index (χ4n) is 4.11. The van der Waals surface area contributed by atoms with Crippen LogP contribution in [-0.4, -0.2) is 59.8 Å². The number of hydrogen-bond acceptors (Lipinski definition) is 9. The summed E-state index contributed by atoms with van der Waals surface area (Å²) in [5.41, 5.74) is 17.3. The molecule has 3 aromatic rings. The van der Waals surface area contributed by atoms with Crippen LogP contribution in [-0.2, 0) is 32.3 Å². The van der Waals surface area contributed by atoms with Crippen LogP contribution in [0.15, 0.2) is 64.6 Å². The van der Waals surface area contributed by atoms with E-state index in [-0.39, 0.29) is 26.1 Å². The van der Waals surface area contributed by atoms with Gasteiger partial charge in [-0.1, -0.05) is 59.2 Å². The van der Waals surface area contributed by atoms with Crippen molar-refractivity contribution in [1.82, 2.24) is 25.9 Å². The van der Waals surface area contributed by atoms with Gasteiger partial charge in [0.1, 0.15) is 11.1 Å². The van der Waals surface area contributed by atoms with Crippen LogP contribution in [0.1, 0.15) is 23.1 Å². The predicted molar refractivity (Wildman–Crippen MR) is 171 cm³/mol. The van der Waals surface area contributed by atoms with Crippen molar-refractivity contribution in [2.45, 2.75) is 48.4 Å². The summed E-state index contributed by atoms with van der Waals surface area (Å²) >= 11 is 13.9. The van der Waals surface area contributed by atoms with E-state index >= 15 is 0 Å². The molecule has 15 heteroatoms. The SMILES string of the molecule is Cc1ccccc1NN(C)C(=O)[C@H](CN)NC(=O)[C@H](CC(N)=O)NCc1cccnc1Sc1c(Cl)cc(Cl)cc1CNC=O. The van der Waals surface area contributed by atoms with Crippen LogP contribution in [0, 0.1) is 6.92 Å². The van der Waals surface area contributed by atoms with Gasteiger partial charge in [-0.3, -0.25) is 29.6 Å². The minimum Gasteiger partial charge on any atom is -0.370 e. The number of carbonyl (C=O) groups excluding carboxylic acids is 4. The first-order chi connectivity index (χ1) is 21.0. The second-order valence-electron chi connectivity index (χ2n) is 9.67. The number of aromatic nitrogens is 1. The van der Waals surface area contributed by atoms with Crippen LogP contribution in [0.25, 0.3) is 0 Å². The topological polar surface area (TPSA) is 185 Å². The molecule has 0 aliphatic heterocycles. The Kier molecular flexibility index (Phi) is 13.2. The molecule has 0 saturated carbocycles. The quantitative estimate of drug-likeness (QED) is 0.0991. The monoisotopic (exact) mass is 660 g/mol. The number of halogens is 2. The van der Waals surface area contributed by atoms with E-state index in [0.29, 0.717) is 37.5 Å². The van der Waals surface area contributed by atoms with Crippen LogP contribution in [0.3, 0.4) is 0 Å². The molecule has 0 bridgehead atoms. The maximum atomic E-state index is 13.3. The third kappa shape index (κ3) is 9.82. The lowest BCUT2D eigenvalue weighted by Gasteiger charge is -2.27. The summed E-state index contributed by atoms with van der Waals surface area (Å²) in [6, 6.07) is 12.1. The lowest BCUT2D eigenvalue weighted by molar-refractivity contribution is -0.135. The molecule has 4 amide bonds. The lowest BCUT2D eigenvalue weighted by atomic mass is 10.1. The normalized spacial score (nSPS) is 12.1. The summed E-state index contributed by atoms with van der Waals surface area (Å²) in [6.45, 7) is 2.03. The number of likely N-dealkylation sites (N-methyl/N-ethyl adjacent to an activating group) is 1. The molecule has 234 valence electrons. The van der Waals surface area contributed by atoms with Gasteiger partial charge in [0.25, 0.3) is 5.91 Å². The number of hydrogen-bond donors (Lipinski definition) is 6. The van der Waals surface area contributed by atoms with E-state index < -0.39 is 29.8 Å². The number of nitrogens with two attached hydrogens (primary N) is 2. The molecule has 8 N–H and O–H groups in total. The maximum absolute atomic E-state index is 13.3. The predicted octanol–water partition coefficient (Wildman–Crippen LogP) is 2.36. The van der Waals surface area contributed by atoms with Crippen molar-refractivity contribution in [2.24, 2.45) is 11.5 Å². The molecule has 1 aromatic heterocycles. The summed E-state index contributed by atoms with van der Waals surface area (Å²) in [6.07, 6.45) is 1.85. The Morgan fingerprint density at radius 2 is 1.82 bits per heavy atom. The summed E-state index contributed by atoms with van der Waals surface area (Å²) in [7, 11) is 1.53. The zero-order valence-electron chi connectivity index (χ0n) is 24.1. The maximum Gasteiger partial charge on any atom is 0.264 e. The first-order valence-corrected chi connectivity index (χ1v) is 15.0. The number of nitrogens with zero attached hydrogens (tertiary/aromatic N) is 2. The Morgan fingerprint density at radius 3 is 2.50 bits per heavy atom. The van der Waals surface area contributed by atoms with Crippen LogP contribution in [0.5, 0.6) is 0 Å². The van der Waals surface area contributed by atoms with Crippen LogP contribution in [0.2, 0.25) is 10.0 Å². The second kappa shape index (κ2) is 16.8. The highest BCUT2D eigenvalue weighted by atomic mass is 35.5. The number of hydrazine groups is 1. The Labute approximate surface area is 269 Å². The number of carbonyl (C=O) groups is 4. The van der Waals surface area contributed by atoms with Crippen molar-refractivity contribution < 1.29 is 19.2 Å². The van der Waals surface area contributed by atoms with Gasteiger partial charge in [-0.15, -0.1) is 0 Å².